The SMILES string of the molecule is Cc1cc2c([nH]1)CCC(CNC1CCC(Oc3ccccc3F)C1O)C2=O. The molecular weight excluding hydrogens is 347 g/mol. The molecule has 0 bridgehead atoms. The third-order valence-electron chi connectivity index (χ3n) is 5.71. The van der Waals surface area contributed by atoms with Crippen molar-refractivity contribution in [1.29, 1.82) is 0 Å². The van der Waals surface area contributed by atoms with Crippen LogP contribution >= 0.6 is 0 Å². The van der Waals surface area contributed by atoms with E-state index in [-0.39, 0.29) is 23.5 Å². The van der Waals surface area contributed by atoms with Gasteiger partial charge in [0, 0.05) is 35.5 Å². The number of benzene rings is 1. The zero-order valence-electron chi connectivity index (χ0n) is 15.4. The Kier molecular flexibility index (Phi) is 5.02. The number of aromatic amines is 1. The average molecular weight is 372 g/mol. The first-order valence-electron chi connectivity index (χ1n) is 9.58. The number of ether oxygens (including phenoxy) is 1. The van der Waals surface area contributed by atoms with E-state index in [0.717, 1.165) is 36.2 Å². The van der Waals surface area contributed by atoms with Gasteiger partial charge in [0.2, 0.25) is 0 Å². The summed E-state index contributed by atoms with van der Waals surface area (Å²) in [5, 5.41) is 13.9. The van der Waals surface area contributed by atoms with E-state index >= 15 is 0 Å². The standard InChI is InChI=1S/C21H25FN2O3/c1-12-10-14-16(24-12)7-6-13(20(14)25)11-23-17-8-9-19(21(17)26)27-18-5-3-2-4-15(18)22/h2-5,10,13,17,19,21,23-24,26H,6-9,11H2,1H3. The number of Topliss-reactive ketones (excluding diaryl/α,β-unsaturated/α-hetero) is 1. The zero-order valence-corrected chi connectivity index (χ0v) is 15.4. The first-order valence-corrected chi connectivity index (χ1v) is 9.58. The Bertz CT molecular complexity index is 835. The van der Waals surface area contributed by atoms with Gasteiger partial charge in [0.25, 0.3) is 0 Å². The van der Waals surface area contributed by atoms with Crippen LogP contribution in [0, 0.1) is 18.7 Å². The molecule has 2 aromatic rings. The van der Waals surface area contributed by atoms with Crippen LogP contribution in [0.15, 0.2) is 30.3 Å². The van der Waals surface area contributed by atoms with Crippen molar-refractivity contribution in [2.24, 2.45) is 5.92 Å². The quantitative estimate of drug-likeness (QED) is 0.755. The fourth-order valence-corrected chi connectivity index (χ4v) is 4.22. The lowest BCUT2D eigenvalue weighted by Crippen LogP contribution is -2.44. The average Bonchev–Trinajstić information content (AvgIpc) is 3.20. The van der Waals surface area contributed by atoms with Gasteiger partial charge in [0.05, 0.1) is 0 Å². The van der Waals surface area contributed by atoms with E-state index < -0.39 is 18.0 Å². The van der Waals surface area contributed by atoms with Gasteiger partial charge in [-0.25, -0.2) is 4.39 Å². The van der Waals surface area contributed by atoms with Crippen molar-refractivity contribution in [3.8, 4) is 5.75 Å². The molecule has 6 heteroatoms. The predicted octanol–water partition coefficient (Wildman–Crippen LogP) is 2.77. The molecule has 2 aliphatic carbocycles. The van der Waals surface area contributed by atoms with E-state index in [1.165, 1.54) is 6.07 Å². The molecule has 4 rings (SSSR count). The summed E-state index contributed by atoms with van der Waals surface area (Å²) < 4.78 is 19.4. The highest BCUT2D eigenvalue weighted by Crippen LogP contribution is 2.29. The summed E-state index contributed by atoms with van der Waals surface area (Å²) >= 11 is 0. The van der Waals surface area contributed by atoms with Gasteiger partial charge in [0.15, 0.2) is 17.3 Å². The number of hydrogen-bond donors (Lipinski definition) is 3. The normalized spacial score (nSPS) is 27.6. The Hall–Kier alpha value is -2.18. The van der Waals surface area contributed by atoms with Crippen molar-refractivity contribution in [3.05, 3.63) is 53.1 Å². The molecule has 0 amide bonds. The van der Waals surface area contributed by atoms with Gasteiger partial charge in [-0.15, -0.1) is 0 Å². The Morgan fingerprint density at radius 3 is 2.93 bits per heavy atom. The molecule has 4 unspecified atom stereocenters. The van der Waals surface area contributed by atoms with Crippen molar-refractivity contribution >= 4 is 5.78 Å². The van der Waals surface area contributed by atoms with Crippen molar-refractivity contribution in [2.75, 3.05) is 6.54 Å². The van der Waals surface area contributed by atoms with Crippen LogP contribution < -0.4 is 10.1 Å². The number of hydrogen-bond acceptors (Lipinski definition) is 4. The lowest BCUT2D eigenvalue weighted by atomic mass is 9.86. The van der Waals surface area contributed by atoms with E-state index in [9.17, 15) is 14.3 Å². The van der Waals surface area contributed by atoms with Gasteiger partial charge in [-0.1, -0.05) is 12.1 Å². The number of aliphatic hydroxyl groups is 1. The van der Waals surface area contributed by atoms with Gasteiger partial charge in [-0.2, -0.15) is 0 Å². The van der Waals surface area contributed by atoms with E-state index in [0.29, 0.717) is 13.0 Å². The molecule has 0 spiro atoms. The van der Waals surface area contributed by atoms with Crippen LogP contribution in [0.25, 0.3) is 0 Å². The number of carbonyl (C=O) groups is 1. The maximum Gasteiger partial charge on any atom is 0.169 e. The maximum atomic E-state index is 13.8. The topological polar surface area (TPSA) is 74.3 Å². The van der Waals surface area contributed by atoms with Crippen LogP contribution in [0.4, 0.5) is 4.39 Å². The molecule has 0 radical (unpaired) electrons. The first kappa shape index (κ1) is 18.2. The Labute approximate surface area is 157 Å². The minimum Gasteiger partial charge on any atom is -0.485 e. The van der Waals surface area contributed by atoms with E-state index in [4.69, 9.17) is 4.74 Å². The van der Waals surface area contributed by atoms with Gasteiger partial charge >= 0.3 is 0 Å². The van der Waals surface area contributed by atoms with Gasteiger partial charge in [-0.05, 0) is 50.8 Å². The van der Waals surface area contributed by atoms with Crippen LogP contribution in [-0.2, 0) is 6.42 Å². The molecule has 2 aliphatic rings. The molecule has 1 heterocycles. The van der Waals surface area contributed by atoms with Gasteiger partial charge in [0.1, 0.15) is 12.2 Å². The summed E-state index contributed by atoms with van der Waals surface area (Å²) in [6.07, 6.45) is 1.88. The van der Waals surface area contributed by atoms with Crippen LogP contribution in [-0.4, -0.2) is 40.7 Å². The number of aliphatic hydroxyl groups excluding tert-OH is 1. The molecule has 0 aliphatic heterocycles. The zero-order chi connectivity index (χ0) is 19.0. The van der Waals surface area contributed by atoms with E-state index in [1.807, 2.05) is 13.0 Å². The summed E-state index contributed by atoms with van der Waals surface area (Å²) in [5.74, 6) is -0.169. The number of halogens is 1. The molecular formula is C21H25FN2O3. The number of nitrogens with one attached hydrogen (secondary N) is 2. The number of para-hydroxylation sites is 1. The van der Waals surface area contributed by atoms with Crippen molar-refractivity contribution in [1.82, 2.24) is 10.3 Å². The van der Waals surface area contributed by atoms with Gasteiger partial charge < -0.3 is 20.1 Å². The number of carbonyl (C=O) groups excluding carboxylic acids is 1. The van der Waals surface area contributed by atoms with Crippen LogP contribution in [0.2, 0.25) is 0 Å². The van der Waals surface area contributed by atoms with Crippen LogP contribution in [0.5, 0.6) is 5.75 Å². The molecule has 0 saturated heterocycles. The van der Waals surface area contributed by atoms with Gasteiger partial charge in [-0.3, -0.25) is 4.79 Å². The van der Waals surface area contributed by atoms with E-state index in [1.54, 1.807) is 18.2 Å². The third-order valence-corrected chi connectivity index (χ3v) is 5.71. The molecule has 5 nitrogen and oxygen atoms in total. The number of fused-ring (bicyclic) bond motifs is 1. The smallest absolute Gasteiger partial charge is 0.169 e. The molecule has 1 fully saturated rings. The summed E-state index contributed by atoms with van der Waals surface area (Å²) in [7, 11) is 0. The third kappa shape index (κ3) is 3.64. The molecule has 4 atom stereocenters. The van der Waals surface area contributed by atoms with Crippen molar-refractivity contribution in [3.63, 3.8) is 0 Å². The molecule has 1 aromatic carbocycles. The molecule has 1 aromatic heterocycles. The lowest BCUT2D eigenvalue weighted by Gasteiger charge is -2.25. The monoisotopic (exact) mass is 372 g/mol. The predicted molar refractivity (Wildman–Crippen MR) is 99.5 cm³/mol. The summed E-state index contributed by atoms with van der Waals surface area (Å²) in [4.78, 5) is 15.9. The minimum absolute atomic E-state index is 0.0774. The summed E-state index contributed by atoms with van der Waals surface area (Å²) in [6, 6.07) is 8.01. The molecule has 1 saturated carbocycles. The van der Waals surface area contributed by atoms with Crippen LogP contribution in [0.3, 0.4) is 0 Å². The highest BCUT2D eigenvalue weighted by atomic mass is 19.1. The van der Waals surface area contributed by atoms with Crippen molar-refractivity contribution in [2.45, 2.75) is 50.9 Å². The largest absolute Gasteiger partial charge is 0.485 e. The highest BCUT2D eigenvalue weighted by Gasteiger charge is 2.37. The Morgan fingerprint density at radius 2 is 2.11 bits per heavy atom. The molecule has 3 N–H and O–H groups in total. The second-order valence-electron chi connectivity index (χ2n) is 7.61. The van der Waals surface area contributed by atoms with Crippen LogP contribution in [0.1, 0.15) is 41.0 Å². The first-order chi connectivity index (χ1) is 13.0. The number of rotatable bonds is 5. The summed E-state index contributed by atoms with van der Waals surface area (Å²) in [6.45, 7) is 2.50. The maximum absolute atomic E-state index is 13.8. The fourth-order valence-electron chi connectivity index (χ4n) is 4.22. The van der Waals surface area contributed by atoms with E-state index in [2.05, 4.69) is 10.3 Å². The highest BCUT2D eigenvalue weighted by molar-refractivity contribution is 6.00. The second-order valence-corrected chi connectivity index (χ2v) is 7.61. The number of aromatic nitrogens is 1. The lowest BCUT2D eigenvalue weighted by molar-refractivity contribution is 0.0421. The Balaban J connectivity index is 1.33. The molecule has 144 valence electrons. The number of aryl methyl sites for hydroxylation is 2. The number of ketones is 1. The number of H-pyrrole nitrogens is 1. The Morgan fingerprint density at radius 1 is 1.30 bits per heavy atom. The second kappa shape index (κ2) is 7.44. The van der Waals surface area contributed by atoms with Crippen molar-refractivity contribution < 1.29 is 19.0 Å². The molecule has 27 heavy (non-hydrogen) atoms. The minimum atomic E-state index is -0.728. The fraction of sp³-hybridized carbons (Fsp3) is 0.476. The summed E-state index contributed by atoms with van der Waals surface area (Å²) in [5.41, 5.74) is 2.85.